The van der Waals surface area contributed by atoms with Crippen LogP contribution in [0.1, 0.15) is 17.2 Å². The van der Waals surface area contributed by atoms with Crippen molar-refractivity contribution < 1.29 is 4.92 Å². The van der Waals surface area contributed by atoms with E-state index in [4.69, 9.17) is 0 Å². The minimum absolute atomic E-state index is 0.0681. The Morgan fingerprint density at radius 1 is 1.00 bits per heavy atom. The number of anilines is 1. The normalized spacial score (nSPS) is 10.5. The molecule has 24 heavy (non-hydrogen) atoms. The Bertz CT molecular complexity index is 855. The summed E-state index contributed by atoms with van der Waals surface area (Å²) in [6.45, 7) is 0. The second-order valence-corrected chi connectivity index (χ2v) is 5.08. The van der Waals surface area contributed by atoms with Gasteiger partial charge in [0.05, 0.1) is 17.3 Å². The Morgan fingerprint density at radius 3 is 2.04 bits per heavy atom. The van der Waals surface area contributed by atoms with Gasteiger partial charge >= 0.3 is 11.2 Å². The van der Waals surface area contributed by atoms with Crippen molar-refractivity contribution in [2.24, 2.45) is 0 Å². The average molecular weight is 322 g/mol. The highest BCUT2D eigenvalue weighted by atomic mass is 16.6. The first-order valence-electron chi connectivity index (χ1n) is 7.25. The zero-order chi connectivity index (χ0) is 16.9. The summed E-state index contributed by atoms with van der Waals surface area (Å²) < 4.78 is 0. The summed E-state index contributed by atoms with van der Waals surface area (Å²) in [7, 11) is 0. The zero-order valence-electron chi connectivity index (χ0n) is 12.5. The lowest BCUT2D eigenvalue weighted by Gasteiger charge is -2.20. The van der Waals surface area contributed by atoms with Crippen LogP contribution in [0, 0.1) is 10.1 Å². The molecule has 1 heterocycles. The molecule has 0 amide bonds. The van der Waals surface area contributed by atoms with Gasteiger partial charge in [-0.1, -0.05) is 60.7 Å². The quantitative estimate of drug-likeness (QED) is 0.555. The smallest absolute Gasteiger partial charge is 0.353 e. The average Bonchev–Trinajstić information content (AvgIpc) is 2.61. The lowest BCUT2D eigenvalue weighted by Crippen LogP contribution is -2.19. The topological polar surface area (TPSA) is 101 Å². The van der Waals surface area contributed by atoms with Crippen molar-refractivity contribution in [3.63, 3.8) is 0 Å². The van der Waals surface area contributed by atoms with Crippen LogP contribution in [-0.2, 0) is 0 Å². The molecule has 0 saturated heterocycles. The minimum atomic E-state index is -0.794. The molecule has 3 rings (SSSR count). The van der Waals surface area contributed by atoms with E-state index in [2.05, 4.69) is 15.3 Å². The molecule has 0 bridgehead atoms. The number of aromatic amines is 1. The van der Waals surface area contributed by atoms with E-state index in [1.807, 2.05) is 60.7 Å². The first-order chi connectivity index (χ1) is 11.7. The Morgan fingerprint density at radius 2 is 1.54 bits per heavy atom. The summed E-state index contributed by atoms with van der Waals surface area (Å²) in [5, 5.41) is 14.2. The van der Waals surface area contributed by atoms with Crippen LogP contribution in [0.5, 0.6) is 0 Å². The Balaban J connectivity index is 2.08. The first-order valence-corrected chi connectivity index (χ1v) is 7.25. The van der Waals surface area contributed by atoms with Gasteiger partial charge in [0.1, 0.15) is 0 Å². The standard InChI is InChI=1S/C17H14N4O3/c22-17-15(21(23)24)16(18-11-19-17)20-14(12-7-3-1-4-8-12)13-9-5-2-6-10-13/h1-11,14H,(H2,18,19,20,22). The second kappa shape index (κ2) is 6.74. The summed E-state index contributed by atoms with van der Waals surface area (Å²) in [6.07, 6.45) is 1.14. The molecule has 0 atom stereocenters. The van der Waals surface area contributed by atoms with Crippen molar-refractivity contribution >= 4 is 11.5 Å². The van der Waals surface area contributed by atoms with E-state index in [1.54, 1.807) is 0 Å². The Kier molecular flexibility index (Phi) is 4.33. The summed E-state index contributed by atoms with van der Waals surface area (Å²) in [5.41, 5.74) is 0.409. The molecule has 0 radical (unpaired) electrons. The van der Waals surface area contributed by atoms with Gasteiger partial charge in [-0.25, -0.2) is 4.98 Å². The first kappa shape index (κ1) is 15.4. The maximum absolute atomic E-state index is 11.8. The number of benzene rings is 2. The lowest BCUT2D eigenvalue weighted by molar-refractivity contribution is -0.385. The molecule has 0 aliphatic rings. The van der Waals surface area contributed by atoms with E-state index < -0.39 is 16.2 Å². The molecule has 120 valence electrons. The molecule has 0 unspecified atom stereocenters. The molecular formula is C17H14N4O3. The highest BCUT2D eigenvalue weighted by Crippen LogP contribution is 2.28. The lowest BCUT2D eigenvalue weighted by atomic mass is 9.99. The van der Waals surface area contributed by atoms with Gasteiger partial charge < -0.3 is 10.3 Å². The third kappa shape index (κ3) is 3.14. The molecule has 0 saturated carbocycles. The molecule has 7 nitrogen and oxygen atoms in total. The zero-order valence-corrected chi connectivity index (χ0v) is 12.5. The van der Waals surface area contributed by atoms with Crippen LogP contribution in [0.2, 0.25) is 0 Å². The number of H-pyrrole nitrogens is 1. The monoisotopic (exact) mass is 322 g/mol. The molecule has 2 N–H and O–H groups in total. The van der Waals surface area contributed by atoms with Gasteiger partial charge in [0, 0.05) is 0 Å². The van der Waals surface area contributed by atoms with Gasteiger partial charge in [0.15, 0.2) is 0 Å². The van der Waals surface area contributed by atoms with E-state index in [0.717, 1.165) is 17.5 Å². The van der Waals surface area contributed by atoms with E-state index in [1.165, 1.54) is 0 Å². The molecule has 0 fully saturated rings. The predicted octanol–water partition coefficient (Wildman–Crippen LogP) is 2.88. The predicted molar refractivity (Wildman–Crippen MR) is 89.9 cm³/mol. The maximum atomic E-state index is 11.8. The van der Waals surface area contributed by atoms with Gasteiger partial charge in [-0.15, -0.1) is 0 Å². The van der Waals surface area contributed by atoms with Gasteiger partial charge in [-0.2, -0.15) is 0 Å². The summed E-state index contributed by atoms with van der Waals surface area (Å²) in [6, 6.07) is 18.6. The molecular weight excluding hydrogens is 308 g/mol. The highest BCUT2D eigenvalue weighted by Gasteiger charge is 2.24. The Labute approximate surface area is 137 Å². The minimum Gasteiger partial charge on any atom is -0.353 e. The SMILES string of the molecule is O=c1[nH]cnc(NC(c2ccccc2)c2ccccc2)c1[N+](=O)[O-]. The van der Waals surface area contributed by atoms with Crippen LogP contribution in [0.25, 0.3) is 0 Å². The summed E-state index contributed by atoms with van der Waals surface area (Å²) in [4.78, 5) is 28.4. The van der Waals surface area contributed by atoms with Crippen LogP contribution in [-0.4, -0.2) is 14.9 Å². The van der Waals surface area contributed by atoms with Gasteiger partial charge in [0.2, 0.25) is 5.82 Å². The third-order valence-corrected chi connectivity index (χ3v) is 3.56. The number of nitro groups is 1. The van der Waals surface area contributed by atoms with Crippen LogP contribution < -0.4 is 10.9 Å². The fourth-order valence-electron chi connectivity index (χ4n) is 2.45. The van der Waals surface area contributed by atoms with E-state index in [9.17, 15) is 14.9 Å². The Hall–Kier alpha value is -3.48. The molecule has 0 aliphatic heterocycles. The van der Waals surface area contributed by atoms with Gasteiger partial charge in [-0.3, -0.25) is 14.9 Å². The molecule has 0 spiro atoms. The van der Waals surface area contributed by atoms with E-state index >= 15 is 0 Å². The number of rotatable bonds is 5. The van der Waals surface area contributed by atoms with Gasteiger partial charge in [0.25, 0.3) is 0 Å². The summed E-state index contributed by atoms with van der Waals surface area (Å²) in [5.74, 6) is -0.0681. The molecule has 3 aromatic rings. The number of hydrogen-bond donors (Lipinski definition) is 2. The number of nitrogens with zero attached hydrogens (tertiary/aromatic N) is 2. The summed E-state index contributed by atoms with van der Waals surface area (Å²) >= 11 is 0. The van der Waals surface area contributed by atoms with Crippen molar-refractivity contribution in [1.29, 1.82) is 0 Å². The van der Waals surface area contributed by atoms with E-state index in [-0.39, 0.29) is 11.9 Å². The van der Waals surface area contributed by atoms with Crippen LogP contribution in [0.15, 0.2) is 71.8 Å². The van der Waals surface area contributed by atoms with Crippen molar-refractivity contribution in [2.45, 2.75) is 6.04 Å². The molecule has 7 heteroatoms. The van der Waals surface area contributed by atoms with Crippen LogP contribution in [0.4, 0.5) is 11.5 Å². The van der Waals surface area contributed by atoms with Crippen molar-refractivity contribution in [1.82, 2.24) is 9.97 Å². The number of aromatic nitrogens is 2. The molecule has 2 aromatic carbocycles. The third-order valence-electron chi connectivity index (χ3n) is 3.56. The molecule has 0 aliphatic carbocycles. The maximum Gasteiger partial charge on any atom is 0.375 e. The highest BCUT2D eigenvalue weighted by molar-refractivity contribution is 5.56. The number of hydrogen-bond acceptors (Lipinski definition) is 5. The largest absolute Gasteiger partial charge is 0.375 e. The van der Waals surface area contributed by atoms with Crippen LogP contribution >= 0.6 is 0 Å². The fourth-order valence-corrected chi connectivity index (χ4v) is 2.45. The van der Waals surface area contributed by atoms with E-state index in [0.29, 0.717) is 0 Å². The fraction of sp³-hybridized carbons (Fsp3) is 0.0588. The van der Waals surface area contributed by atoms with Crippen molar-refractivity contribution in [3.8, 4) is 0 Å². The number of nitrogens with one attached hydrogen (secondary N) is 2. The van der Waals surface area contributed by atoms with Crippen molar-refractivity contribution in [3.05, 3.63) is 98.6 Å². The molecule has 1 aromatic heterocycles. The van der Waals surface area contributed by atoms with Crippen LogP contribution in [0.3, 0.4) is 0 Å². The van der Waals surface area contributed by atoms with Crippen molar-refractivity contribution in [2.75, 3.05) is 5.32 Å². The second-order valence-electron chi connectivity index (χ2n) is 5.08. The van der Waals surface area contributed by atoms with Gasteiger partial charge in [-0.05, 0) is 11.1 Å².